The third-order valence-electron chi connectivity index (χ3n) is 1.23. The molecule has 0 aromatic carbocycles. The fourth-order valence-corrected chi connectivity index (χ4v) is 0.913. The van der Waals surface area contributed by atoms with E-state index < -0.39 is 0 Å². The molecule has 0 saturated carbocycles. The average molecular weight is 248 g/mol. The maximum atomic E-state index is 3.91. The second-order valence-corrected chi connectivity index (χ2v) is 4.93. The zero-order valence-electron chi connectivity index (χ0n) is 8.47. The van der Waals surface area contributed by atoms with Crippen molar-refractivity contribution in [3.8, 4) is 0 Å². The van der Waals surface area contributed by atoms with Crippen LogP contribution in [0.25, 0.3) is 0 Å². The summed E-state index contributed by atoms with van der Waals surface area (Å²) in [5.74, 6) is 0. The van der Waals surface area contributed by atoms with Gasteiger partial charge in [-0.3, -0.25) is 5.43 Å². The summed E-state index contributed by atoms with van der Waals surface area (Å²) in [5.41, 5.74) is 2.80. The van der Waals surface area contributed by atoms with Gasteiger partial charge in [-0.2, -0.15) is 5.10 Å². The molecule has 1 unspecified atom stereocenters. The Balaban J connectivity index is 3.62. The van der Waals surface area contributed by atoms with Crippen molar-refractivity contribution in [3.05, 3.63) is 12.8 Å². The van der Waals surface area contributed by atoms with Gasteiger partial charge in [0.2, 0.25) is 0 Å². The Hall–Kier alpha value is -0.350. The normalized spacial score (nSPS) is 14.5. The van der Waals surface area contributed by atoms with E-state index in [-0.39, 0.29) is 10.4 Å². The highest BCUT2D eigenvalue weighted by Crippen LogP contribution is 2.01. The highest BCUT2D eigenvalue weighted by molar-refractivity contribution is 9.10. The second kappa shape index (κ2) is 6.16. The molecule has 0 aromatic heterocycles. The van der Waals surface area contributed by atoms with Crippen LogP contribution in [-0.4, -0.2) is 23.1 Å². The fraction of sp³-hybridized carbons (Fsp3) is 0.667. The van der Waals surface area contributed by atoms with Gasteiger partial charge in [-0.05, 0) is 20.8 Å². The van der Waals surface area contributed by atoms with E-state index in [0.717, 1.165) is 6.54 Å². The summed E-state index contributed by atoms with van der Waals surface area (Å²) in [6, 6.07) is 0. The quantitative estimate of drug-likeness (QED) is 0.442. The first-order valence-corrected chi connectivity index (χ1v) is 5.16. The summed E-state index contributed by atoms with van der Waals surface area (Å²) in [7, 11) is 0. The van der Waals surface area contributed by atoms with Gasteiger partial charge in [0.15, 0.2) is 0 Å². The molecule has 0 rings (SSSR count). The maximum Gasteiger partial charge on any atom is 0.0640 e. The van der Waals surface area contributed by atoms with Crippen LogP contribution in [0.2, 0.25) is 0 Å². The van der Waals surface area contributed by atoms with Crippen LogP contribution in [0.4, 0.5) is 0 Å². The van der Waals surface area contributed by atoms with E-state index in [0.29, 0.717) is 0 Å². The molecule has 0 bridgehead atoms. The van der Waals surface area contributed by atoms with Gasteiger partial charge >= 0.3 is 0 Å². The highest BCUT2D eigenvalue weighted by atomic mass is 79.9. The zero-order valence-corrected chi connectivity index (χ0v) is 10.1. The number of rotatable bonds is 5. The molecule has 76 valence electrons. The first-order valence-electron chi connectivity index (χ1n) is 4.24. The molecular weight excluding hydrogens is 230 g/mol. The van der Waals surface area contributed by atoms with E-state index >= 15 is 0 Å². The monoisotopic (exact) mass is 247 g/mol. The zero-order chi connectivity index (χ0) is 10.3. The number of hydrazone groups is 1. The minimum atomic E-state index is 0.145. The summed E-state index contributed by atoms with van der Waals surface area (Å²) >= 11 is 3.47. The number of halogens is 1. The Morgan fingerprint density at radius 3 is 2.62 bits per heavy atom. The molecule has 0 aliphatic heterocycles. The molecule has 1 atom stereocenters. The van der Waals surface area contributed by atoms with Crippen LogP contribution in [0.1, 0.15) is 20.8 Å². The smallest absolute Gasteiger partial charge is 0.0640 e. The van der Waals surface area contributed by atoms with Crippen LogP contribution < -0.4 is 10.7 Å². The number of hydrogen-bond acceptors (Lipinski definition) is 3. The summed E-state index contributed by atoms with van der Waals surface area (Å²) < 4.78 is 0. The lowest BCUT2D eigenvalue weighted by atomic mass is 10.1. The topological polar surface area (TPSA) is 36.4 Å². The van der Waals surface area contributed by atoms with Crippen molar-refractivity contribution in [2.45, 2.75) is 31.1 Å². The van der Waals surface area contributed by atoms with Crippen LogP contribution in [0, 0.1) is 0 Å². The molecule has 4 heteroatoms. The lowest BCUT2D eigenvalue weighted by Gasteiger charge is -2.21. The summed E-state index contributed by atoms with van der Waals surface area (Å²) in [4.78, 5) is 0.235. The molecule has 0 radical (unpaired) electrons. The van der Waals surface area contributed by atoms with E-state index in [4.69, 9.17) is 0 Å². The highest BCUT2D eigenvalue weighted by Gasteiger charge is 2.10. The van der Waals surface area contributed by atoms with Crippen molar-refractivity contribution in [1.29, 1.82) is 0 Å². The molecule has 2 N–H and O–H groups in total. The number of nitrogens with one attached hydrogen (secondary N) is 2. The third kappa shape index (κ3) is 9.56. The minimum absolute atomic E-state index is 0.145. The van der Waals surface area contributed by atoms with Crippen molar-refractivity contribution < 1.29 is 0 Å². The van der Waals surface area contributed by atoms with Crippen molar-refractivity contribution >= 4 is 22.1 Å². The summed E-state index contributed by atoms with van der Waals surface area (Å²) in [5, 5.41) is 7.27. The van der Waals surface area contributed by atoms with E-state index in [1.165, 1.54) is 6.20 Å². The van der Waals surface area contributed by atoms with Gasteiger partial charge in [0.05, 0.1) is 4.83 Å². The van der Waals surface area contributed by atoms with Gasteiger partial charge in [-0.15, -0.1) is 0 Å². The number of hydrogen-bond donors (Lipinski definition) is 2. The molecule has 0 aliphatic rings. The van der Waals surface area contributed by atoms with E-state index in [1.807, 2.05) is 0 Å². The molecule has 3 nitrogen and oxygen atoms in total. The second-order valence-electron chi connectivity index (χ2n) is 3.76. The van der Waals surface area contributed by atoms with Gasteiger partial charge in [0, 0.05) is 24.5 Å². The van der Waals surface area contributed by atoms with Crippen molar-refractivity contribution in [3.63, 3.8) is 0 Å². The lowest BCUT2D eigenvalue weighted by Crippen LogP contribution is -2.39. The first-order chi connectivity index (χ1) is 5.95. The van der Waals surface area contributed by atoms with Crippen molar-refractivity contribution in [1.82, 2.24) is 10.7 Å². The molecule has 0 amide bonds. The predicted octanol–water partition coefficient (Wildman–Crippen LogP) is 1.86. The Morgan fingerprint density at radius 2 is 2.15 bits per heavy atom. The molecule has 0 aromatic rings. The predicted molar refractivity (Wildman–Crippen MR) is 62.3 cm³/mol. The number of alkyl halides is 1. The van der Waals surface area contributed by atoms with Crippen molar-refractivity contribution in [2.75, 3.05) is 6.54 Å². The van der Waals surface area contributed by atoms with E-state index in [2.05, 4.69) is 59.1 Å². The standard InChI is InChI=1S/C9H18BrN3/c1-5-12-13-7-8(10)6-11-9(2,3)4/h5,7-8,11-12H,1,6H2,2-4H3/b13-7-. The molecular formula is C9H18BrN3. The molecule has 13 heavy (non-hydrogen) atoms. The largest absolute Gasteiger partial charge is 0.311 e. The Bertz CT molecular complexity index is 172. The van der Waals surface area contributed by atoms with Gasteiger partial charge in [0.1, 0.15) is 0 Å². The van der Waals surface area contributed by atoms with Crippen LogP contribution >= 0.6 is 15.9 Å². The van der Waals surface area contributed by atoms with Crippen LogP contribution in [-0.2, 0) is 0 Å². The van der Waals surface area contributed by atoms with Crippen LogP contribution in [0.15, 0.2) is 17.9 Å². The van der Waals surface area contributed by atoms with Gasteiger partial charge in [-0.1, -0.05) is 22.5 Å². The SMILES string of the molecule is C=CN/N=C\C(Br)CNC(C)(C)C. The van der Waals surface area contributed by atoms with Crippen molar-refractivity contribution in [2.24, 2.45) is 5.10 Å². The maximum absolute atomic E-state index is 3.91. The minimum Gasteiger partial charge on any atom is -0.311 e. The van der Waals surface area contributed by atoms with E-state index in [1.54, 1.807) is 6.21 Å². The molecule has 0 heterocycles. The Labute approximate surface area is 88.8 Å². The van der Waals surface area contributed by atoms with Gasteiger partial charge in [0.25, 0.3) is 0 Å². The fourth-order valence-electron chi connectivity index (χ4n) is 0.633. The molecule has 0 fully saturated rings. The molecule has 0 saturated heterocycles. The molecule has 0 spiro atoms. The third-order valence-corrected chi connectivity index (χ3v) is 1.79. The Kier molecular flexibility index (Phi) is 5.99. The van der Waals surface area contributed by atoms with Crippen LogP contribution in [0.5, 0.6) is 0 Å². The van der Waals surface area contributed by atoms with Gasteiger partial charge < -0.3 is 5.32 Å². The first kappa shape index (κ1) is 12.7. The van der Waals surface area contributed by atoms with Crippen LogP contribution in [0.3, 0.4) is 0 Å². The summed E-state index contributed by atoms with van der Waals surface area (Å²) in [6.07, 6.45) is 3.33. The number of nitrogens with zero attached hydrogens (tertiary/aromatic N) is 1. The summed E-state index contributed by atoms with van der Waals surface area (Å²) in [6.45, 7) is 10.7. The average Bonchev–Trinajstić information content (AvgIpc) is 2.00. The van der Waals surface area contributed by atoms with Gasteiger partial charge in [-0.25, -0.2) is 0 Å². The Morgan fingerprint density at radius 1 is 1.54 bits per heavy atom. The molecule has 0 aliphatic carbocycles. The lowest BCUT2D eigenvalue weighted by molar-refractivity contribution is 0.437. The van der Waals surface area contributed by atoms with E-state index in [9.17, 15) is 0 Å².